The van der Waals surface area contributed by atoms with Crippen LogP contribution in [0.4, 0.5) is 5.69 Å². The number of halogens is 1. The molecule has 0 aliphatic rings. The lowest BCUT2D eigenvalue weighted by molar-refractivity contribution is 0.901. The molecule has 1 heterocycles. The fourth-order valence-electron chi connectivity index (χ4n) is 1.84. The number of benzene rings is 1. The number of thiophene rings is 1. The van der Waals surface area contributed by atoms with Crippen molar-refractivity contribution in [2.24, 2.45) is 0 Å². The van der Waals surface area contributed by atoms with E-state index in [-0.39, 0.29) is 0 Å². The van der Waals surface area contributed by atoms with E-state index in [0.29, 0.717) is 6.04 Å². The first-order chi connectivity index (χ1) is 8.20. The van der Waals surface area contributed by atoms with E-state index < -0.39 is 0 Å². The SMILES string of the molecule is CCc1cc(Br)ccc1NC(C)c1cccs1. The van der Waals surface area contributed by atoms with Crippen LogP contribution in [0, 0.1) is 0 Å². The van der Waals surface area contributed by atoms with Gasteiger partial charge in [-0.1, -0.05) is 28.9 Å². The van der Waals surface area contributed by atoms with E-state index >= 15 is 0 Å². The molecule has 0 saturated carbocycles. The molecule has 1 atom stereocenters. The van der Waals surface area contributed by atoms with E-state index in [1.807, 2.05) is 0 Å². The summed E-state index contributed by atoms with van der Waals surface area (Å²) in [4.78, 5) is 1.37. The van der Waals surface area contributed by atoms with Crippen LogP contribution in [-0.4, -0.2) is 0 Å². The number of hydrogen-bond acceptors (Lipinski definition) is 2. The summed E-state index contributed by atoms with van der Waals surface area (Å²) in [5.41, 5.74) is 2.58. The fraction of sp³-hybridized carbons (Fsp3) is 0.286. The molecular formula is C14H16BrNS. The minimum absolute atomic E-state index is 0.362. The van der Waals surface area contributed by atoms with Gasteiger partial charge in [-0.25, -0.2) is 0 Å². The first kappa shape index (κ1) is 12.7. The smallest absolute Gasteiger partial charge is 0.0578 e. The van der Waals surface area contributed by atoms with E-state index in [9.17, 15) is 0 Å². The molecule has 1 nitrogen and oxygen atoms in total. The molecule has 0 fully saturated rings. The molecule has 0 bridgehead atoms. The van der Waals surface area contributed by atoms with Crippen molar-refractivity contribution in [2.45, 2.75) is 26.3 Å². The Morgan fingerprint density at radius 3 is 2.82 bits per heavy atom. The maximum atomic E-state index is 3.58. The van der Waals surface area contributed by atoms with Gasteiger partial charge < -0.3 is 5.32 Å². The van der Waals surface area contributed by atoms with E-state index in [4.69, 9.17) is 0 Å². The van der Waals surface area contributed by atoms with E-state index in [1.165, 1.54) is 16.1 Å². The lowest BCUT2D eigenvalue weighted by Crippen LogP contribution is -2.06. The number of aryl methyl sites for hydroxylation is 1. The maximum Gasteiger partial charge on any atom is 0.0578 e. The molecule has 1 unspecified atom stereocenters. The molecule has 0 amide bonds. The Bertz CT molecular complexity index is 479. The van der Waals surface area contributed by atoms with Crippen molar-refractivity contribution in [1.82, 2.24) is 0 Å². The van der Waals surface area contributed by atoms with Crippen molar-refractivity contribution < 1.29 is 0 Å². The van der Waals surface area contributed by atoms with E-state index in [1.54, 1.807) is 11.3 Å². The number of hydrogen-bond donors (Lipinski definition) is 1. The largest absolute Gasteiger partial charge is 0.377 e. The van der Waals surface area contributed by atoms with Crippen molar-refractivity contribution >= 4 is 33.0 Å². The summed E-state index contributed by atoms with van der Waals surface area (Å²) < 4.78 is 1.14. The molecule has 1 aromatic heterocycles. The molecule has 0 spiro atoms. The number of rotatable bonds is 4. The molecule has 0 aliphatic heterocycles. The molecule has 90 valence electrons. The van der Waals surface area contributed by atoms with Crippen LogP contribution in [0.25, 0.3) is 0 Å². The molecule has 3 heteroatoms. The van der Waals surface area contributed by atoms with Gasteiger partial charge in [0.15, 0.2) is 0 Å². The summed E-state index contributed by atoms with van der Waals surface area (Å²) in [6, 6.07) is 11.0. The Labute approximate surface area is 115 Å². The van der Waals surface area contributed by atoms with Crippen LogP contribution in [0.15, 0.2) is 40.2 Å². The third-order valence-electron chi connectivity index (χ3n) is 2.79. The van der Waals surface area contributed by atoms with Gasteiger partial charge in [-0.15, -0.1) is 11.3 Å². The first-order valence-electron chi connectivity index (χ1n) is 5.79. The second-order valence-corrected chi connectivity index (χ2v) is 5.93. The van der Waals surface area contributed by atoms with E-state index in [2.05, 4.69) is 70.8 Å². The molecule has 0 aliphatic carbocycles. The molecule has 2 aromatic rings. The van der Waals surface area contributed by atoms with Crippen molar-refractivity contribution in [2.75, 3.05) is 5.32 Å². The van der Waals surface area contributed by atoms with Gasteiger partial charge in [0.05, 0.1) is 6.04 Å². The van der Waals surface area contributed by atoms with Gasteiger partial charge in [-0.05, 0) is 48.6 Å². The molecule has 1 N–H and O–H groups in total. The zero-order valence-electron chi connectivity index (χ0n) is 10.0. The topological polar surface area (TPSA) is 12.0 Å². The molecule has 1 aromatic carbocycles. The van der Waals surface area contributed by atoms with Crippen LogP contribution in [0.1, 0.15) is 30.3 Å². The molecule has 2 rings (SSSR count). The van der Waals surface area contributed by atoms with Gasteiger partial charge in [0.25, 0.3) is 0 Å². The van der Waals surface area contributed by atoms with Crippen LogP contribution in [0.2, 0.25) is 0 Å². The third-order valence-corrected chi connectivity index (χ3v) is 4.34. The summed E-state index contributed by atoms with van der Waals surface area (Å²) in [5, 5.41) is 5.70. The molecular weight excluding hydrogens is 294 g/mol. The Morgan fingerprint density at radius 1 is 1.35 bits per heavy atom. The zero-order chi connectivity index (χ0) is 12.3. The van der Waals surface area contributed by atoms with Crippen LogP contribution >= 0.6 is 27.3 Å². The Hall–Kier alpha value is -0.800. The summed E-state index contributed by atoms with van der Waals surface area (Å²) >= 11 is 5.31. The quantitative estimate of drug-likeness (QED) is 0.813. The van der Waals surface area contributed by atoms with Crippen molar-refractivity contribution in [3.63, 3.8) is 0 Å². The highest BCUT2D eigenvalue weighted by atomic mass is 79.9. The summed E-state index contributed by atoms with van der Waals surface area (Å²) in [7, 11) is 0. The van der Waals surface area contributed by atoms with Gasteiger partial charge in [0, 0.05) is 15.0 Å². The number of anilines is 1. The summed E-state index contributed by atoms with van der Waals surface area (Å²) in [5.74, 6) is 0. The van der Waals surface area contributed by atoms with E-state index in [0.717, 1.165) is 10.9 Å². The Morgan fingerprint density at radius 2 is 2.18 bits per heavy atom. The summed E-state index contributed by atoms with van der Waals surface area (Å²) in [6.45, 7) is 4.39. The van der Waals surface area contributed by atoms with Gasteiger partial charge >= 0.3 is 0 Å². The monoisotopic (exact) mass is 309 g/mol. The Kier molecular flexibility index (Phi) is 4.24. The van der Waals surface area contributed by atoms with Crippen molar-refractivity contribution in [3.8, 4) is 0 Å². The van der Waals surface area contributed by atoms with Crippen LogP contribution in [-0.2, 0) is 6.42 Å². The molecule has 0 radical (unpaired) electrons. The predicted molar refractivity (Wildman–Crippen MR) is 79.9 cm³/mol. The third kappa shape index (κ3) is 3.11. The average Bonchev–Trinajstić information content (AvgIpc) is 2.85. The standard InChI is InChI=1S/C14H16BrNS/c1-3-11-9-12(15)6-7-13(11)16-10(2)14-5-4-8-17-14/h4-10,16H,3H2,1-2H3. The Balaban J connectivity index is 2.18. The van der Waals surface area contributed by atoms with Crippen molar-refractivity contribution in [3.05, 3.63) is 50.6 Å². The molecule has 0 saturated heterocycles. The van der Waals surface area contributed by atoms with Crippen LogP contribution in [0.5, 0.6) is 0 Å². The normalized spacial score (nSPS) is 12.4. The second kappa shape index (κ2) is 5.69. The van der Waals surface area contributed by atoms with Gasteiger partial charge in [-0.2, -0.15) is 0 Å². The minimum atomic E-state index is 0.362. The van der Waals surface area contributed by atoms with Crippen molar-refractivity contribution in [1.29, 1.82) is 0 Å². The average molecular weight is 310 g/mol. The first-order valence-corrected chi connectivity index (χ1v) is 7.46. The highest BCUT2D eigenvalue weighted by Gasteiger charge is 2.08. The highest BCUT2D eigenvalue weighted by Crippen LogP contribution is 2.27. The number of nitrogens with one attached hydrogen (secondary N) is 1. The lowest BCUT2D eigenvalue weighted by atomic mass is 10.1. The predicted octanol–water partition coefficient (Wildman–Crippen LogP) is 5.25. The van der Waals surface area contributed by atoms with Gasteiger partial charge in [-0.3, -0.25) is 0 Å². The minimum Gasteiger partial charge on any atom is -0.377 e. The summed E-state index contributed by atoms with van der Waals surface area (Å²) in [6.07, 6.45) is 1.04. The van der Waals surface area contributed by atoms with Gasteiger partial charge in [0.1, 0.15) is 0 Å². The fourth-order valence-corrected chi connectivity index (χ4v) is 2.98. The lowest BCUT2D eigenvalue weighted by Gasteiger charge is -2.17. The van der Waals surface area contributed by atoms with Crippen LogP contribution < -0.4 is 5.32 Å². The molecule has 17 heavy (non-hydrogen) atoms. The van der Waals surface area contributed by atoms with Gasteiger partial charge in [0.2, 0.25) is 0 Å². The highest BCUT2D eigenvalue weighted by molar-refractivity contribution is 9.10. The maximum absolute atomic E-state index is 3.58. The zero-order valence-corrected chi connectivity index (χ0v) is 12.4. The second-order valence-electron chi connectivity index (χ2n) is 4.04. The van der Waals surface area contributed by atoms with Crippen LogP contribution in [0.3, 0.4) is 0 Å².